The highest BCUT2D eigenvalue weighted by Crippen LogP contribution is 2.15. The zero-order valence-electron chi connectivity index (χ0n) is 8.56. The van der Waals surface area contributed by atoms with E-state index >= 15 is 0 Å². The fourth-order valence-corrected chi connectivity index (χ4v) is 1.43. The maximum atomic E-state index is 11.3. The van der Waals surface area contributed by atoms with Crippen molar-refractivity contribution in [1.82, 2.24) is 0 Å². The quantitative estimate of drug-likeness (QED) is 0.578. The summed E-state index contributed by atoms with van der Waals surface area (Å²) in [6, 6.07) is 8.61. The van der Waals surface area contributed by atoms with Crippen molar-refractivity contribution in [1.29, 1.82) is 0 Å². The minimum absolute atomic E-state index is 0.0202. The number of hydrogen-bond acceptors (Lipinski definition) is 3. The maximum absolute atomic E-state index is 11.3. The number of para-hydroxylation sites is 1. The van der Waals surface area contributed by atoms with Crippen molar-refractivity contribution in [2.24, 2.45) is 0 Å². The Kier molecular flexibility index (Phi) is 3.04. The fraction of sp³-hybridized carbons (Fsp3) is 0.154. The average molecular weight is 214 g/mol. The van der Waals surface area contributed by atoms with Crippen LogP contribution in [0.5, 0.6) is 0 Å². The van der Waals surface area contributed by atoms with Crippen LogP contribution in [-0.4, -0.2) is 11.7 Å². The number of benzene rings is 1. The van der Waals surface area contributed by atoms with Gasteiger partial charge < -0.3 is 9.52 Å². The van der Waals surface area contributed by atoms with Gasteiger partial charge in [0.15, 0.2) is 0 Å². The normalized spacial score (nSPS) is 9.81. The Bertz CT molecular complexity index is 614. The van der Waals surface area contributed by atoms with Gasteiger partial charge in [-0.1, -0.05) is 24.0 Å². The van der Waals surface area contributed by atoms with Crippen LogP contribution in [0.1, 0.15) is 12.0 Å². The molecule has 2 rings (SSSR count). The van der Waals surface area contributed by atoms with E-state index in [-0.39, 0.29) is 6.61 Å². The van der Waals surface area contributed by atoms with Crippen LogP contribution in [0, 0.1) is 11.8 Å². The standard InChI is InChI=1S/C13H10O3/c14-8-4-3-5-10-9-13(15)16-12-7-2-1-6-11(10)12/h1-2,6-7,9,14H,4,8H2. The zero-order chi connectivity index (χ0) is 11.4. The lowest BCUT2D eigenvalue weighted by Gasteiger charge is -1.97. The monoisotopic (exact) mass is 214 g/mol. The molecule has 0 bridgehead atoms. The summed E-state index contributed by atoms with van der Waals surface area (Å²) in [6.45, 7) is 0.0202. The molecule has 0 unspecified atom stereocenters. The van der Waals surface area contributed by atoms with E-state index in [2.05, 4.69) is 11.8 Å². The molecule has 2 aromatic rings. The van der Waals surface area contributed by atoms with Crippen LogP contribution in [0.15, 0.2) is 39.5 Å². The Morgan fingerprint density at radius 3 is 2.94 bits per heavy atom. The van der Waals surface area contributed by atoms with Gasteiger partial charge in [0.2, 0.25) is 0 Å². The van der Waals surface area contributed by atoms with E-state index in [1.54, 1.807) is 12.1 Å². The van der Waals surface area contributed by atoms with E-state index < -0.39 is 5.63 Å². The topological polar surface area (TPSA) is 50.4 Å². The number of hydrogen-bond donors (Lipinski definition) is 1. The summed E-state index contributed by atoms with van der Waals surface area (Å²) in [4.78, 5) is 11.3. The maximum Gasteiger partial charge on any atom is 0.337 e. The van der Waals surface area contributed by atoms with Crippen LogP contribution in [0.2, 0.25) is 0 Å². The minimum Gasteiger partial charge on any atom is -0.423 e. The third-order valence-corrected chi connectivity index (χ3v) is 2.11. The minimum atomic E-state index is -0.410. The SMILES string of the molecule is O=c1cc(C#CCCO)c2ccccc2o1. The van der Waals surface area contributed by atoms with Crippen LogP contribution in [0.25, 0.3) is 11.0 Å². The molecule has 1 heterocycles. The van der Waals surface area contributed by atoms with Gasteiger partial charge in [0.05, 0.1) is 6.61 Å². The second-order valence-electron chi connectivity index (χ2n) is 3.25. The first kappa shape index (κ1) is 10.5. The van der Waals surface area contributed by atoms with Gasteiger partial charge in [-0.25, -0.2) is 4.79 Å². The van der Waals surface area contributed by atoms with E-state index in [1.165, 1.54) is 6.07 Å². The number of fused-ring (bicyclic) bond motifs is 1. The number of aliphatic hydroxyl groups excluding tert-OH is 1. The van der Waals surface area contributed by atoms with E-state index in [0.29, 0.717) is 17.6 Å². The molecule has 0 aliphatic rings. The number of rotatable bonds is 1. The highest BCUT2D eigenvalue weighted by atomic mass is 16.4. The van der Waals surface area contributed by atoms with Gasteiger partial charge in [-0.15, -0.1) is 0 Å². The van der Waals surface area contributed by atoms with E-state index in [4.69, 9.17) is 9.52 Å². The molecule has 0 amide bonds. The summed E-state index contributed by atoms with van der Waals surface area (Å²) in [6.07, 6.45) is 0.397. The van der Waals surface area contributed by atoms with Gasteiger partial charge in [-0.2, -0.15) is 0 Å². The molecule has 1 N–H and O–H groups in total. The van der Waals surface area contributed by atoms with E-state index in [1.807, 2.05) is 12.1 Å². The van der Waals surface area contributed by atoms with Crippen molar-refractivity contribution in [3.8, 4) is 11.8 Å². The molecule has 0 aliphatic heterocycles. The summed E-state index contributed by atoms with van der Waals surface area (Å²) in [5, 5.41) is 9.44. The third kappa shape index (κ3) is 2.13. The molecule has 0 fully saturated rings. The predicted molar refractivity (Wildman–Crippen MR) is 61.1 cm³/mol. The van der Waals surface area contributed by atoms with Crippen molar-refractivity contribution in [2.75, 3.05) is 6.61 Å². The molecule has 1 aromatic heterocycles. The van der Waals surface area contributed by atoms with E-state index in [0.717, 1.165) is 5.39 Å². The molecule has 0 spiro atoms. The van der Waals surface area contributed by atoms with Gasteiger partial charge in [0.1, 0.15) is 5.58 Å². The molecular formula is C13H10O3. The van der Waals surface area contributed by atoms with Crippen molar-refractivity contribution in [3.05, 3.63) is 46.3 Å². The highest BCUT2D eigenvalue weighted by molar-refractivity contribution is 5.82. The summed E-state index contributed by atoms with van der Waals surface area (Å²) in [5.41, 5.74) is 0.760. The summed E-state index contributed by atoms with van der Waals surface area (Å²) >= 11 is 0. The Balaban J connectivity index is 2.60. The van der Waals surface area contributed by atoms with Crippen molar-refractivity contribution in [2.45, 2.75) is 6.42 Å². The van der Waals surface area contributed by atoms with Crippen molar-refractivity contribution in [3.63, 3.8) is 0 Å². The first-order chi connectivity index (χ1) is 7.81. The molecular weight excluding hydrogens is 204 g/mol. The molecule has 16 heavy (non-hydrogen) atoms. The lowest BCUT2D eigenvalue weighted by Crippen LogP contribution is -1.98. The molecule has 3 nitrogen and oxygen atoms in total. The van der Waals surface area contributed by atoms with Crippen LogP contribution in [0.3, 0.4) is 0 Å². The third-order valence-electron chi connectivity index (χ3n) is 2.11. The molecule has 0 aliphatic carbocycles. The van der Waals surface area contributed by atoms with Gasteiger partial charge in [-0.05, 0) is 12.1 Å². The summed E-state index contributed by atoms with van der Waals surface area (Å²) in [5.74, 6) is 5.65. The Labute approximate surface area is 92.3 Å². The zero-order valence-corrected chi connectivity index (χ0v) is 8.56. The highest BCUT2D eigenvalue weighted by Gasteiger charge is 2.01. The Morgan fingerprint density at radius 1 is 1.31 bits per heavy atom. The van der Waals surface area contributed by atoms with Gasteiger partial charge in [-0.3, -0.25) is 0 Å². The van der Waals surface area contributed by atoms with Gasteiger partial charge >= 0.3 is 5.63 Å². The fourth-order valence-electron chi connectivity index (χ4n) is 1.43. The average Bonchev–Trinajstić information content (AvgIpc) is 2.29. The second-order valence-corrected chi connectivity index (χ2v) is 3.25. The van der Waals surface area contributed by atoms with Crippen LogP contribution in [-0.2, 0) is 0 Å². The predicted octanol–water partition coefficient (Wildman–Crippen LogP) is 1.53. The first-order valence-corrected chi connectivity index (χ1v) is 4.94. The second kappa shape index (κ2) is 4.65. The van der Waals surface area contributed by atoms with Gasteiger partial charge in [0.25, 0.3) is 0 Å². The number of aliphatic hydroxyl groups is 1. The van der Waals surface area contributed by atoms with Gasteiger partial charge in [0, 0.05) is 23.4 Å². The molecule has 0 saturated carbocycles. The van der Waals surface area contributed by atoms with Crippen molar-refractivity contribution < 1.29 is 9.52 Å². The molecule has 3 heteroatoms. The lowest BCUT2D eigenvalue weighted by molar-refractivity contribution is 0.305. The molecule has 1 aromatic carbocycles. The molecule has 0 atom stereocenters. The first-order valence-electron chi connectivity index (χ1n) is 4.94. The summed E-state index contributed by atoms with van der Waals surface area (Å²) < 4.78 is 5.04. The van der Waals surface area contributed by atoms with Crippen LogP contribution in [0.4, 0.5) is 0 Å². The largest absolute Gasteiger partial charge is 0.423 e. The summed E-state index contributed by atoms with van der Waals surface area (Å²) in [7, 11) is 0. The lowest BCUT2D eigenvalue weighted by atomic mass is 10.1. The molecule has 0 radical (unpaired) electrons. The molecule has 0 saturated heterocycles. The smallest absolute Gasteiger partial charge is 0.337 e. The van der Waals surface area contributed by atoms with Crippen LogP contribution < -0.4 is 5.63 Å². The van der Waals surface area contributed by atoms with Crippen molar-refractivity contribution >= 4 is 11.0 Å². The van der Waals surface area contributed by atoms with E-state index in [9.17, 15) is 4.79 Å². The molecule has 80 valence electrons. The Morgan fingerprint density at radius 2 is 2.12 bits per heavy atom. The van der Waals surface area contributed by atoms with Crippen LogP contribution >= 0.6 is 0 Å². The Hall–Kier alpha value is -2.05.